The molecule has 1 unspecified atom stereocenters. The van der Waals surface area contributed by atoms with Crippen molar-refractivity contribution >= 4 is 21.9 Å². The van der Waals surface area contributed by atoms with E-state index in [0.717, 1.165) is 6.07 Å². The predicted molar refractivity (Wildman–Crippen MR) is 81.4 cm³/mol. The molecule has 10 heteroatoms. The van der Waals surface area contributed by atoms with Crippen LogP contribution in [-0.4, -0.2) is 43.9 Å². The van der Waals surface area contributed by atoms with E-state index in [1.807, 2.05) is 5.32 Å². The van der Waals surface area contributed by atoms with Gasteiger partial charge in [-0.25, -0.2) is 26.7 Å². The minimum Gasteiger partial charge on any atom is -0.480 e. The van der Waals surface area contributed by atoms with Crippen LogP contribution in [0.1, 0.15) is 30.6 Å². The standard InChI is InChI=1S/C14H18F2N2O5S/c1-8(2)18-24(22,23)10-5-3-4-9(6-10)13(19)17-11(14(20)21)7-12(15)16/h3-6,8,11-12,18H,7H2,1-2H3,(H,17,19)(H,20,21). The summed E-state index contributed by atoms with van der Waals surface area (Å²) in [6, 6.07) is 2.72. The average molecular weight is 364 g/mol. The van der Waals surface area contributed by atoms with Gasteiger partial charge in [-0.15, -0.1) is 0 Å². The molecule has 0 spiro atoms. The molecule has 0 aliphatic carbocycles. The summed E-state index contributed by atoms with van der Waals surface area (Å²) in [5, 5.41) is 10.8. The molecule has 0 bridgehead atoms. The highest BCUT2D eigenvalue weighted by atomic mass is 32.2. The number of alkyl halides is 2. The van der Waals surface area contributed by atoms with Gasteiger partial charge in [0.25, 0.3) is 5.91 Å². The van der Waals surface area contributed by atoms with E-state index in [1.165, 1.54) is 18.2 Å². The maximum Gasteiger partial charge on any atom is 0.326 e. The fraction of sp³-hybridized carbons (Fsp3) is 0.429. The van der Waals surface area contributed by atoms with E-state index in [4.69, 9.17) is 5.11 Å². The summed E-state index contributed by atoms with van der Waals surface area (Å²) in [7, 11) is -3.85. The van der Waals surface area contributed by atoms with Gasteiger partial charge in [-0.1, -0.05) is 6.07 Å². The molecule has 0 aliphatic heterocycles. The van der Waals surface area contributed by atoms with Crippen LogP contribution in [0.25, 0.3) is 0 Å². The highest BCUT2D eigenvalue weighted by molar-refractivity contribution is 7.89. The second-order valence-corrected chi connectivity index (χ2v) is 7.01. The monoisotopic (exact) mass is 364 g/mol. The first-order chi connectivity index (χ1) is 11.0. The molecule has 134 valence electrons. The van der Waals surface area contributed by atoms with E-state index >= 15 is 0 Å². The molecular formula is C14H18F2N2O5S. The Balaban J connectivity index is 3.00. The molecule has 0 aliphatic rings. The summed E-state index contributed by atoms with van der Waals surface area (Å²) in [5.74, 6) is -2.56. The summed E-state index contributed by atoms with van der Waals surface area (Å²) < 4.78 is 51.1. The minimum absolute atomic E-state index is 0.151. The average Bonchev–Trinajstić information content (AvgIpc) is 2.44. The molecule has 0 saturated heterocycles. The molecule has 1 aromatic carbocycles. The van der Waals surface area contributed by atoms with Crippen molar-refractivity contribution in [2.75, 3.05) is 0 Å². The third-order valence-corrected chi connectivity index (χ3v) is 4.47. The third-order valence-electron chi connectivity index (χ3n) is 2.81. The summed E-state index contributed by atoms with van der Waals surface area (Å²) in [6.45, 7) is 3.24. The molecular weight excluding hydrogens is 346 g/mol. The first-order valence-corrected chi connectivity index (χ1v) is 8.45. The molecule has 0 heterocycles. The Hall–Kier alpha value is -2.07. The molecule has 1 atom stereocenters. The molecule has 1 amide bonds. The predicted octanol–water partition coefficient (Wildman–Crippen LogP) is 1.21. The van der Waals surface area contributed by atoms with Crippen molar-refractivity contribution in [2.45, 2.75) is 43.7 Å². The van der Waals surface area contributed by atoms with Gasteiger partial charge in [0.2, 0.25) is 16.4 Å². The van der Waals surface area contributed by atoms with E-state index in [-0.39, 0.29) is 16.5 Å². The van der Waals surface area contributed by atoms with Gasteiger partial charge < -0.3 is 10.4 Å². The summed E-state index contributed by atoms with van der Waals surface area (Å²) in [6.07, 6.45) is -3.96. The Morgan fingerprint density at radius 2 is 1.88 bits per heavy atom. The number of carboxylic acids is 1. The second kappa shape index (κ2) is 8.15. The number of hydrogen-bond donors (Lipinski definition) is 3. The number of rotatable bonds is 8. The highest BCUT2D eigenvalue weighted by Gasteiger charge is 2.25. The van der Waals surface area contributed by atoms with E-state index < -0.39 is 40.8 Å². The van der Waals surface area contributed by atoms with Crippen LogP contribution in [0, 0.1) is 0 Å². The molecule has 0 saturated carbocycles. The smallest absolute Gasteiger partial charge is 0.326 e. The van der Waals surface area contributed by atoms with Crippen molar-refractivity contribution in [2.24, 2.45) is 0 Å². The van der Waals surface area contributed by atoms with Gasteiger partial charge in [0.1, 0.15) is 6.04 Å². The van der Waals surface area contributed by atoms with Crippen LogP contribution in [0.5, 0.6) is 0 Å². The Labute approximate surface area is 138 Å². The zero-order valence-corrected chi connectivity index (χ0v) is 13.8. The van der Waals surface area contributed by atoms with Crippen molar-refractivity contribution in [1.29, 1.82) is 0 Å². The number of sulfonamides is 1. The number of benzene rings is 1. The Morgan fingerprint density at radius 3 is 2.38 bits per heavy atom. The topological polar surface area (TPSA) is 113 Å². The lowest BCUT2D eigenvalue weighted by Gasteiger charge is -2.15. The summed E-state index contributed by atoms with van der Waals surface area (Å²) in [4.78, 5) is 22.7. The molecule has 0 aromatic heterocycles. The van der Waals surface area contributed by atoms with Gasteiger partial charge >= 0.3 is 5.97 Å². The van der Waals surface area contributed by atoms with E-state index in [9.17, 15) is 26.8 Å². The number of hydrogen-bond acceptors (Lipinski definition) is 4. The summed E-state index contributed by atoms with van der Waals surface area (Å²) in [5.41, 5.74) is -0.151. The van der Waals surface area contributed by atoms with E-state index in [0.29, 0.717) is 0 Å². The lowest BCUT2D eigenvalue weighted by Crippen LogP contribution is -2.42. The van der Waals surface area contributed by atoms with Crippen molar-refractivity contribution in [3.05, 3.63) is 29.8 Å². The van der Waals surface area contributed by atoms with Gasteiger partial charge in [0.05, 0.1) is 4.90 Å². The van der Waals surface area contributed by atoms with Crippen LogP contribution in [0.3, 0.4) is 0 Å². The van der Waals surface area contributed by atoms with Crippen molar-refractivity contribution in [3.63, 3.8) is 0 Å². The third kappa shape index (κ3) is 5.85. The quantitative estimate of drug-likeness (QED) is 0.642. The Bertz CT molecular complexity index is 707. The van der Waals surface area contributed by atoms with Crippen LogP contribution in [0.15, 0.2) is 29.2 Å². The van der Waals surface area contributed by atoms with Crippen LogP contribution in [0.2, 0.25) is 0 Å². The number of aliphatic carboxylic acids is 1. The fourth-order valence-electron chi connectivity index (χ4n) is 1.82. The van der Waals surface area contributed by atoms with Crippen LogP contribution >= 0.6 is 0 Å². The first-order valence-electron chi connectivity index (χ1n) is 6.97. The zero-order valence-electron chi connectivity index (χ0n) is 13.0. The normalized spacial score (nSPS) is 13.1. The van der Waals surface area contributed by atoms with Crippen molar-refractivity contribution in [3.8, 4) is 0 Å². The van der Waals surface area contributed by atoms with E-state index in [1.54, 1.807) is 13.8 Å². The Morgan fingerprint density at radius 1 is 1.25 bits per heavy atom. The van der Waals surface area contributed by atoms with Gasteiger partial charge in [-0.2, -0.15) is 0 Å². The molecule has 1 aromatic rings. The van der Waals surface area contributed by atoms with E-state index in [2.05, 4.69) is 4.72 Å². The maximum atomic E-state index is 12.3. The van der Waals surface area contributed by atoms with Gasteiger partial charge in [-0.05, 0) is 32.0 Å². The van der Waals surface area contributed by atoms with Crippen LogP contribution in [0.4, 0.5) is 8.78 Å². The maximum absolute atomic E-state index is 12.3. The molecule has 0 fully saturated rings. The number of nitrogens with one attached hydrogen (secondary N) is 2. The minimum atomic E-state index is -3.85. The number of carboxylic acid groups (broad SMARTS) is 1. The summed E-state index contributed by atoms with van der Waals surface area (Å²) >= 11 is 0. The Kier molecular flexibility index (Phi) is 6.79. The fourth-order valence-corrected chi connectivity index (χ4v) is 3.12. The number of amides is 1. The second-order valence-electron chi connectivity index (χ2n) is 5.29. The molecule has 1 rings (SSSR count). The lowest BCUT2D eigenvalue weighted by molar-refractivity contribution is -0.140. The zero-order chi connectivity index (χ0) is 18.5. The number of halogens is 2. The van der Waals surface area contributed by atoms with Gasteiger partial charge in [0, 0.05) is 18.0 Å². The molecule has 7 nitrogen and oxygen atoms in total. The van der Waals surface area contributed by atoms with Gasteiger partial charge in [-0.3, -0.25) is 4.79 Å². The lowest BCUT2D eigenvalue weighted by atomic mass is 10.1. The van der Waals surface area contributed by atoms with Crippen molar-refractivity contribution in [1.82, 2.24) is 10.0 Å². The SMILES string of the molecule is CC(C)NS(=O)(=O)c1cccc(C(=O)NC(CC(F)F)C(=O)O)c1. The van der Waals surface area contributed by atoms with Crippen molar-refractivity contribution < 1.29 is 31.9 Å². The first kappa shape index (κ1) is 20.0. The van der Waals surface area contributed by atoms with Crippen LogP contribution < -0.4 is 10.0 Å². The number of carbonyl (C=O) groups excluding carboxylic acids is 1. The molecule has 3 N–H and O–H groups in total. The van der Waals surface area contributed by atoms with Crippen LogP contribution in [-0.2, 0) is 14.8 Å². The largest absolute Gasteiger partial charge is 0.480 e. The molecule has 0 radical (unpaired) electrons. The molecule has 24 heavy (non-hydrogen) atoms. The number of carbonyl (C=O) groups is 2. The highest BCUT2D eigenvalue weighted by Crippen LogP contribution is 2.13. The van der Waals surface area contributed by atoms with Gasteiger partial charge in [0.15, 0.2) is 0 Å².